The normalized spacial score (nSPS) is 26.5. The van der Waals surface area contributed by atoms with E-state index < -0.39 is 63.1 Å². The zero-order valence-electron chi connectivity index (χ0n) is 20.0. The Labute approximate surface area is 206 Å². The number of aryl methyl sites for hydroxylation is 1. The van der Waals surface area contributed by atoms with Gasteiger partial charge in [-0.2, -0.15) is 0 Å². The van der Waals surface area contributed by atoms with Crippen LogP contribution in [0.15, 0.2) is 18.2 Å². The van der Waals surface area contributed by atoms with Gasteiger partial charge >= 0.3 is 6.03 Å². The first-order valence-electron chi connectivity index (χ1n) is 11.7. The molecule has 0 saturated carbocycles. The number of imide groups is 2. The number of rotatable bonds is 6. The maximum Gasteiger partial charge on any atom is 0.331 e. The molecule has 0 spiro atoms. The van der Waals surface area contributed by atoms with Crippen molar-refractivity contribution in [2.75, 3.05) is 13.2 Å². The highest BCUT2D eigenvalue weighted by molar-refractivity contribution is 7.90. The molecule has 3 atom stereocenters. The summed E-state index contributed by atoms with van der Waals surface area (Å²) in [4.78, 5) is 53.0. The molecular formula is C24H30FN3O6S. The molecule has 3 aliphatic rings. The number of hydrogen-bond donors (Lipinski definition) is 2. The predicted molar refractivity (Wildman–Crippen MR) is 125 cm³/mol. The summed E-state index contributed by atoms with van der Waals surface area (Å²) < 4.78 is 35.0. The minimum absolute atomic E-state index is 0.338. The van der Waals surface area contributed by atoms with Crippen molar-refractivity contribution in [1.82, 2.24) is 14.9 Å². The summed E-state index contributed by atoms with van der Waals surface area (Å²) in [6.07, 6.45) is 1.32. The zero-order valence-corrected chi connectivity index (χ0v) is 20.8. The Balaban J connectivity index is 1.65. The first kappa shape index (κ1) is 25.7. The topological polar surface area (TPSA) is 128 Å². The molecule has 4 amide bonds. The molecule has 4 rings (SSSR count). The molecule has 0 radical (unpaired) electrons. The minimum atomic E-state index is -1.71. The van der Waals surface area contributed by atoms with Crippen LogP contribution in [0.4, 0.5) is 9.18 Å². The molecule has 2 N–H and O–H groups in total. The molecule has 11 heteroatoms. The number of urea groups is 1. The number of carbonyl (C=O) groups excluding carboxylic acids is 4. The standard InChI is InChI=1S/C24H30FN3O6S/c1-23(2,3)35(33)27-24(9-6-14-4-5-15(25)12-17(14)24)13-18(29)19-20(30)26-22(32)28(21(19)31)16-7-10-34-11-8-16/h4-5,12,16,19,27H,6-11,13H2,1-3H3,(H,26,30,32)/t19-,24+,35-/m1/s1. The van der Waals surface area contributed by atoms with Crippen molar-refractivity contribution in [2.24, 2.45) is 5.92 Å². The van der Waals surface area contributed by atoms with Crippen molar-refractivity contribution in [3.05, 3.63) is 35.1 Å². The fraction of sp³-hybridized carbons (Fsp3) is 0.583. The van der Waals surface area contributed by atoms with Crippen molar-refractivity contribution in [2.45, 2.75) is 69.2 Å². The monoisotopic (exact) mass is 507 g/mol. The third-order valence-corrected chi connectivity index (χ3v) is 8.49. The van der Waals surface area contributed by atoms with E-state index in [1.54, 1.807) is 26.8 Å². The van der Waals surface area contributed by atoms with Gasteiger partial charge in [0.05, 0.1) is 5.54 Å². The molecule has 190 valence electrons. The van der Waals surface area contributed by atoms with E-state index in [0.717, 1.165) is 10.5 Å². The Morgan fingerprint density at radius 3 is 2.63 bits per heavy atom. The molecule has 1 aromatic carbocycles. The van der Waals surface area contributed by atoms with Crippen LogP contribution < -0.4 is 10.0 Å². The molecule has 0 aromatic heterocycles. The fourth-order valence-electron chi connectivity index (χ4n) is 4.91. The highest BCUT2D eigenvalue weighted by Crippen LogP contribution is 2.42. The van der Waals surface area contributed by atoms with E-state index in [-0.39, 0.29) is 6.42 Å². The molecule has 2 fully saturated rings. The number of nitrogens with one attached hydrogen (secondary N) is 2. The lowest BCUT2D eigenvalue weighted by molar-refractivity contribution is -0.150. The second-order valence-electron chi connectivity index (χ2n) is 10.3. The molecule has 2 saturated heterocycles. The highest BCUT2D eigenvalue weighted by Gasteiger charge is 2.52. The molecule has 1 aliphatic carbocycles. The van der Waals surface area contributed by atoms with Gasteiger partial charge in [-0.05, 0) is 69.7 Å². The summed E-state index contributed by atoms with van der Waals surface area (Å²) in [6, 6.07) is 2.95. The van der Waals surface area contributed by atoms with Crippen LogP contribution in [0.5, 0.6) is 0 Å². The van der Waals surface area contributed by atoms with E-state index in [9.17, 15) is 28.1 Å². The summed E-state index contributed by atoms with van der Waals surface area (Å²) in [5, 5.41) is 2.14. The number of fused-ring (bicyclic) bond motifs is 1. The summed E-state index contributed by atoms with van der Waals surface area (Å²) in [5.41, 5.74) is 0.0681. The fourth-order valence-corrected chi connectivity index (χ4v) is 5.86. The van der Waals surface area contributed by atoms with Gasteiger partial charge in [0.2, 0.25) is 5.91 Å². The van der Waals surface area contributed by atoms with Gasteiger partial charge in [0.15, 0.2) is 11.7 Å². The van der Waals surface area contributed by atoms with E-state index in [4.69, 9.17) is 4.74 Å². The average molecular weight is 508 g/mol. The van der Waals surface area contributed by atoms with Crippen molar-refractivity contribution in [1.29, 1.82) is 0 Å². The molecule has 2 aliphatic heterocycles. The summed E-state index contributed by atoms with van der Waals surface area (Å²) in [7, 11) is 0. The number of carbonyl (C=O) groups is 4. The van der Waals surface area contributed by atoms with Crippen LogP contribution >= 0.6 is 0 Å². The van der Waals surface area contributed by atoms with Crippen LogP contribution in [0.3, 0.4) is 0 Å². The highest BCUT2D eigenvalue weighted by atomic mass is 32.2. The van der Waals surface area contributed by atoms with Crippen LogP contribution in [0, 0.1) is 11.7 Å². The number of ether oxygens (including phenoxy) is 1. The van der Waals surface area contributed by atoms with Gasteiger partial charge < -0.3 is 9.29 Å². The number of benzene rings is 1. The Morgan fingerprint density at radius 2 is 1.97 bits per heavy atom. The van der Waals surface area contributed by atoms with Crippen LogP contribution in [-0.2, 0) is 42.4 Å². The van der Waals surface area contributed by atoms with Crippen molar-refractivity contribution < 1.29 is 32.9 Å². The van der Waals surface area contributed by atoms with E-state index in [0.29, 0.717) is 44.5 Å². The largest absolute Gasteiger partial charge is 0.598 e. The Kier molecular flexibility index (Phi) is 7.07. The summed E-state index contributed by atoms with van der Waals surface area (Å²) in [6.45, 7) is 6.03. The van der Waals surface area contributed by atoms with Crippen molar-refractivity contribution in [3.8, 4) is 0 Å². The van der Waals surface area contributed by atoms with Gasteiger partial charge in [0.1, 0.15) is 10.6 Å². The van der Waals surface area contributed by atoms with Crippen molar-refractivity contribution >= 4 is 35.0 Å². The second kappa shape index (κ2) is 9.61. The first-order chi connectivity index (χ1) is 16.4. The summed E-state index contributed by atoms with van der Waals surface area (Å²) in [5.74, 6) is -4.77. The predicted octanol–water partition coefficient (Wildman–Crippen LogP) is 1.85. The van der Waals surface area contributed by atoms with E-state index >= 15 is 0 Å². The zero-order chi connectivity index (χ0) is 25.5. The first-order valence-corrected chi connectivity index (χ1v) is 12.8. The van der Waals surface area contributed by atoms with E-state index in [1.165, 1.54) is 12.1 Å². The van der Waals surface area contributed by atoms with E-state index in [1.807, 2.05) is 0 Å². The number of hydrogen-bond acceptors (Lipinski definition) is 7. The van der Waals surface area contributed by atoms with Crippen LogP contribution in [0.1, 0.15) is 57.6 Å². The van der Waals surface area contributed by atoms with Gasteiger partial charge in [-0.3, -0.25) is 24.6 Å². The quantitative estimate of drug-likeness (QED) is 0.444. The Hall–Kier alpha value is -2.34. The number of nitrogens with zero attached hydrogens (tertiary/aromatic N) is 1. The Bertz CT molecular complexity index is 1050. The number of ketones is 1. The lowest BCUT2D eigenvalue weighted by Gasteiger charge is -2.38. The molecule has 1 aromatic rings. The average Bonchev–Trinajstić information content (AvgIpc) is 3.10. The van der Waals surface area contributed by atoms with Crippen LogP contribution in [0.25, 0.3) is 0 Å². The number of Topliss-reactive ketones (excluding diaryl/α,β-unsaturated/α-hetero) is 1. The van der Waals surface area contributed by atoms with Crippen LogP contribution in [0.2, 0.25) is 0 Å². The maximum atomic E-state index is 14.2. The van der Waals surface area contributed by atoms with Gasteiger partial charge in [-0.25, -0.2) is 9.18 Å². The smallest absolute Gasteiger partial charge is 0.331 e. The lowest BCUT2D eigenvalue weighted by Crippen LogP contribution is -2.63. The number of halogens is 1. The van der Waals surface area contributed by atoms with Gasteiger partial charge in [-0.1, -0.05) is 6.07 Å². The second-order valence-corrected chi connectivity index (χ2v) is 12.3. The van der Waals surface area contributed by atoms with Crippen molar-refractivity contribution in [3.63, 3.8) is 0 Å². The third-order valence-electron chi connectivity index (χ3n) is 6.80. The molecule has 0 unspecified atom stereocenters. The molecule has 2 heterocycles. The Morgan fingerprint density at radius 1 is 1.29 bits per heavy atom. The van der Waals surface area contributed by atoms with Gasteiger partial charge in [0, 0.05) is 37.0 Å². The molecule has 9 nitrogen and oxygen atoms in total. The van der Waals surface area contributed by atoms with Crippen LogP contribution in [-0.4, -0.2) is 57.1 Å². The summed E-state index contributed by atoms with van der Waals surface area (Å²) >= 11 is -1.62. The third kappa shape index (κ3) is 5.00. The van der Waals surface area contributed by atoms with Gasteiger partial charge in [0.25, 0.3) is 5.91 Å². The SMILES string of the molecule is CC(C)(C)[S@@+]([O-])N[C@]1(CC(=O)[C@@H]2C(=O)NC(=O)N(C3CCOCC3)C2=O)CCc2ccc(F)cc21. The minimum Gasteiger partial charge on any atom is -0.598 e. The molecule has 35 heavy (non-hydrogen) atoms. The molecular weight excluding hydrogens is 477 g/mol. The van der Waals surface area contributed by atoms with Gasteiger partial charge in [-0.15, -0.1) is 4.72 Å². The van der Waals surface area contributed by atoms with E-state index in [2.05, 4.69) is 10.0 Å². The maximum absolute atomic E-state index is 14.2. The lowest BCUT2D eigenvalue weighted by atomic mass is 9.83. The molecule has 0 bridgehead atoms. The number of amides is 4. The number of barbiturate groups is 1.